The zero-order valence-corrected chi connectivity index (χ0v) is 29.9. The van der Waals surface area contributed by atoms with Crippen LogP contribution in [0.2, 0.25) is 10.0 Å². The van der Waals surface area contributed by atoms with E-state index in [0.717, 1.165) is 15.4 Å². The molecule has 0 aliphatic heterocycles. The minimum Gasteiger partial charge on any atom is -0.492 e. The van der Waals surface area contributed by atoms with E-state index in [0.29, 0.717) is 27.9 Å². The van der Waals surface area contributed by atoms with Crippen molar-refractivity contribution in [2.75, 3.05) is 24.0 Å². The van der Waals surface area contributed by atoms with Crippen molar-refractivity contribution in [3.05, 3.63) is 124 Å². The quantitative estimate of drug-likeness (QED) is 0.140. The van der Waals surface area contributed by atoms with Crippen molar-refractivity contribution in [3.8, 4) is 5.75 Å². The SMILES string of the molecule is CCOc1ccccc1N(CC(=O)N(Cc1c(Cl)cccc1Cl)[C@H](Cc1ccccc1)C(=O)NCC(C)C)S(=O)(=O)c1ccc(C)cc1. The molecule has 0 fully saturated rings. The fourth-order valence-electron chi connectivity index (χ4n) is 5.12. The largest absolute Gasteiger partial charge is 0.492 e. The number of carbonyl (C=O) groups is 2. The third-order valence-electron chi connectivity index (χ3n) is 7.67. The second-order valence-electron chi connectivity index (χ2n) is 11.8. The van der Waals surface area contributed by atoms with Crippen LogP contribution >= 0.6 is 23.2 Å². The van der Waals surface area contributed by atoms with Crippen LogP contribution in [0.25, 0.3) is 0 Å². The number of carbonyl (C=O) groups excluding carboxylic acids is 2. The lowest BCUT2D eigenvalue weighted by atomic mass is 10.0. The molecule has 0 spiro atoms. The van der Waals surface area contributed by atoms with Crippen LogP contribution in [0, 0.1) is 12.8 Å². The average Bonchev–Trinajstić information content (AvgIpc) is 3.06. The predicted octanol–water partition coefficient (Wildman–Crippen LogP) is 7.31. The van der Waals surface area contributed by atoms with Gasteiger partial charge in [0.05, 0.1) is 17.2 Å². The summed E-state index contributed by atoms with van der Waals surface area (Å²) in [5, 5.41) is 3.60. The van der Waals surface area contributed by atoms with Crippen LogP contribution in [0.1, 0.15) is 37.5 Å². The van der Waals surface area contributed by atoms with Crippen molar-refractivity contribution in [3.63, 3.8) is 0 Å². The molecule has 4 aromatic carbocycles. The van der Waals surface area contributed by atoms with Gasteiger partial charge in [0, 0.05) is 35.1 Å². The molecule has 48 heavy (non-hydrogen) atoms. The molecule has 1 atom stereocenters. The maximum absolute atomic E-state index is 14.7. The molecule has 1 N–H and O–H groups in total. The van der Waals surface area contributed by atoms with Gasteiger partial charge in [-0.1, -0.05) is 103 Å². The minimum absolute atomic E-state index is 0.00316. The highest BCUT2D eigenvalue weighted by molar-refractivity contribution is 7.92. The number of anilines is 1. The number of nitrogens with zero attached hydrogens (tertiary/aromatic N) is 2. The Hall–Kier alpha value is -4.05. The van der Waals surface area contributed by atoms with Gasteiger partial charge in [0.1, 0.15) is 18.3 Å². The van der Waals surface area contributed by atoms with Crippen LogP contribution in [-0.2, 0) is 32.6 Å². The summed E-state index contributed by atoms with van der Waals surface area (Å²) in [5.74, 6) is -0.571. The number of rotatable bonds is 15. The molecular weight excluding hydrogens is 669 g/mol. The van der Waals surface area contributed by atoms with Gasteiger partial charge in [0.25, 0.3) is 10.0 Å². The smallest absolute Gasteiger partial charge is 0.264 e. The molecule has 0 aliphatic rings. The summed E-state index contributed by atoms with van der Waals surface area (Å²) in [5.41, 5.74) is 2.32. The Morgan fingerprint density at radius 3 is 2.10 bits per heavy atom. The number of hydrogen-bond acceptors (Lipinski definition) is 5. The molecule has 2 amide bonds. The topological polar surface area (TPSA) is 96.0 Å². The molecule has 254 valence electrons. The van der Waals surface area contributed by atoms with E-state index in [4.69, 9.17) is 27.9 Å². The molecule has 0 saturated carbocycles. The third-order valence-corrected chi connectivity index (χ3v) is 10.1. The Kier molecular flexibility index (Phi) is 12.9. The lowest BCUT2D eigenvalue weighted by Crippen LogP contribution is -2.53. The van der Waals surface area contributed by atoms with Crippen LogP contribution in [0.3, 0.4) is 0 Å². The number of benzene rings is 4. The number of nitrogens with one attached hydrogen (secondary N) is 1. The summed E-state index contributed by atoms with van der Waals surface area (Å²) < 4.78 is 35.6. The number of aryl methyl sites for hydroxylation is 1. The molecule has 4 rings (SSSR count). The molecule has 0 saturated heterocycles. The minimum atomic E-state index is -4.30. The van der Waals surface area contributed by atoms with Gasteiger partial charge in [-0.15, -0.1) is 0 Å². The van der Waals surface area contributed by atoms with Crippen LogP contribution in [-0.4, -0.2) is 50.9 Å². The normalized spacial score (nSPS) is 12.0. The fraction of sp³-hybridized carbons (Fsp3) is 0.297. The Morgan fingerprint density at radius 2 is 1.48 bits per heavy atom. The number of amides is 2. The number of ether oxygens (including phenoxy) is 1. The molecule has 0 bridgehead atoms. The first-order chi connectivity index (χ1) is 22.9. The van der Waals surface area contributed by atoms with Crippen molar-refractivity contribution in [1.82, 2.24) is 10.2 Å². The molecule has 11 heteroatoms. The molecule has 0 heterocycles. The summed E-state index contributed by atoms with van der Waals surface area (Å²) in [6, 6.07) is 26.4. The summed E-state index contributed by atoms with van der Waals surface area (Å²) in [6.45, 7) is 7.48. The van der Waals surface area contributed by atoms with Crippen molar-refractivity contribution in [2.45, 2.75) is 51.6 Å². The van der Waals surface area contributed by atoms with Crippen LogP contribution < -0.4 is 14.4 Å². The maximum Gasteiger partial charge on any atom is 0.264 e. The van der Waals surface area contributed by atoms with E-state index < -0.39 is 28.5 Å². The Labute approximate surface area is 293 Å². The van der Waals surface area contributed by atoms with E-state index in [9.17, 15) is 18.0 Å². The molecule has 0 aliphatic carbocycles. The van der Waals surface area contributed by atoms with Gasteiger partial charge >= 0.3 is 0 Å². The Morgan fingerprint density at radius 1 is 0.854 bits per heavy atom. The molecule has 0 radical (unpaired) electrons. The molecule has 0 aromatic heterocycles. The van der Waals surface area contributed by atoms with Gasteiger partial charge < -0.3 is 15.0 Å². The van der Waals surface area contributed by atoms with Gasteiger partial charge in [0.15, 0.2) is 0 Å². The molecule has 4 aromatic rings. The van der Waals surface area contributed by atoms with E-state index in [2.05, 4.69) is 5.32 Å². The third kappa shape index (κ3) is 9.30. The number of halogens is 2. The summed E-state index contributed by atoms with van der Waals surface area (Å²) in [7, 11) is -4.30. The van der Waals surface area contributed by atoms with E-state index >= 15 is 0 Å². The second-order valence-corrected chi connectivity index (χ2v) is 14.5. The van der Waals surface area contributed by atoms with Crippen LogP contribution in [0.15, 0.2) is 102 Å². The standard InChI is InChI=1S/C37H41Cl2N3O5S/c1-5-47-35-17-10-9-16-33(35)42(48(45,46)29-20-18-27(4)19-21-29)25-36(43)41(24-30-31(38)14-11-15-32(30)39)34(37(44)40-23-26(2)3)22-28-12-7-6-8-13-28/h6-21,26,34H,5,22-25H2,1-4H3,(H,40,44)/t34-/m1/s1. The molecular formula is C37H41Cl2N3O5S. The van der Waals surface area contributed by atoms with Crippen molar-refractivity contribution < 1.29 is 22.7 Å². The van der Waals surface area contributed by atoms with Gasteiger partial charge in [-0.05, 0) is 61.7 Å². The summed E-state index contributed by atoms with van der Waals surface area (Å²) >= 11 is 13.2. The van der Waals surface area contributed by atoms with E-state index in [1.54, 1.807) is 61.5 Å². The highest BCUT2D eigenvalue weighted by Crippen LogP contribution is 2.34. The second kappa shape index (κ2) is 16.9. The Bertz CT molecular complexity index is 1780. The number of para-hydroxylation sites is 2. The summed E-state index contributed by atoms with van der Waals surface area (Å²) in [4.78, 5) is 30.1. The van der Waals surface area contributed by atoms with Gasteiger partial charge in [-0.25, -0.2) is 8.42 Å². The number of hydrogen-bond donors (Lipinski definition) is 1. The van der Waals surface area contributed by atoms with Gasteiger partial charge in [0.2, 0.25) is 11.8 Å². The van der Waals surface area contributed by atoms with Gasteiger partial charge in [-0.2, -0.15) is 0 Å². The fourth-order valence-corrected chi connectivity index (χ4v) is 7.06. The van der Waals surface area contributed by atoms with Crippen molar-refractivity contribution in [1.29, 1.82) is 0 Å². The first-order valence-electron chi connectivity index (χ1n) is 15.8. The van der Waals surface area contributed by atoms with Crippen LogP contribution in [0.4, 0.5) is 5.69 Å². The predicted molar refractivity (Wildman–Crippen MR) is 192 cm³/mol. The van der Waals surface area contributed by atoms with E-state index in [1.165, 1.54) is 17.0 Å². The maximum atomic E-state index is 14.7. The van der Waals surface area contributed by atoms with E-state index in [1.807, 2.05) is 51.1 Å². The highest BCUT2D eigenvalue weighted by atomic mass is 35.5. The Balaban J connectivity index is 1.87. The first kappa shape index (κ1) is 36.8. The first-order valence-corrected chi connectivity index (χ1v) is 18.0. The zero-order chi connectivity index (χ0) is 34.8. The molecule has 0 unspecified atom stereocenters. The lowest BCUT2D eigenvalue weighted by Gasteiger charge is -2.34. The average molecular weight is 711 g/mol. The number of sulfonamides is 1. The zero-order valence-electron chi connectivity index (χ0n) is 27.5. The lowest BCUT2D eigenvalue weighted by molar-refractivity contribution is -0.140. The summed E-state index contributed by atoms with van der Waals surface area (Å²) in [6.07, 6.45) is 0.166. The van der Waals surface area contributed by atoms with Crippen LogP contribution in [0.5, 0.6) is 5.75 Å². The van der Waals surface area contributed by atoms with E-state index in [-0.39, 0.29) is 42.0 Å². The monoisotopic (exact) mass is 709 g/mol. The van der Waals surface area contributed by atoms with Crippen molar-refractivity contribution in [2.24, 2.45) is 5.92 Å². The highest BCUT2D eigenvalue weighted by Gasteiger charge is 2.36. The van der Waals surface area contributed by atoms with Crippen molar-refractivity contribution >= 4 is 50.7 Å². The molecule has 8 nitrogen and oxygen atoms in total. The van der Waals surface area contributed by atoms with Gasteiger partial charge in [-0.3, -0.25) is 13.9 Å².